The quantitative estimate of drug-likeness (QED) is 0.138. The second-order valence-electron chi connectivity index (χ2n) is 12.0. The molecule has 1 aliphatic carbocycles. The fraction of sp³-hybridized carbons (Fsp3) is 0.108. The van der Waals surface area contributed by atoms with E-state index in [1.807, 2.05) is 66.7 Å². The van der Waals surface area contributed by atoms with E-state index in [1.165, 1.54) is 0 Å². The minimum absolute atomic E-state index is 0.166. The number of nitrogens with zero attached hydrogens (tertiary/aromatic N) is 3. The number of para-hydroxylation sites is 1. The number of carboxylic acid groups (broad SMARTS) is 1. The fourth-order valence-electron chi connectivity index (χ4n) is 6.60. The van der Waals surface area contributed by atoms with Crippen molar-refractivity contribution < 1.29 is 18.3 Å². The van der Waals surface area contributed by atoms with Gasteiger partial charge >= 0.3 is 6.09 Å². The van der Waals surface area contributed by atoms with Crippen LogP contribution in [0.3, 0.4) is 0 Å². The molecule has 0 spiro atoms. The van der Waals surface area contributed by atoms with Gasteiger partial charge in [-0.3, -0.25) is 9.29 Å². The maximum Gasteiger partial charge on any atom is 0.405 e. The molecule has 4 aromatic carbocycles. The average molecular weight is 655 g/mol. The van der Waals surface area contributed by atoms with E-state index in [0.29, 0.717) is 28.6 Å². The van der Waals surface area contributed by atoms with Crippen LogP contribution in [0, 0.1) is 0 Å². The minimum atomic E-state index is -3.83. The van der Waals surface area contributed by atoms with Gasteiger partial charge in [-0.05, 0) is 73.4 Å². The van der Waals surface area contributed by atoms with E-state index in [2.05, 4.69) is 24.9 Å². The number of sulfonamides is 1. The molecule has 1 fully saturated rings. The van der Waals surface area contributed by atoms with Crippen LogP contribution in [0.1, 0.15) is 24.8 Å². The first-order valence-corrected chi connectivity index (χ1v) is 17.0. The lowest BCUT2D eigenvalue weighted by atomic mass is 9.71. The number of carbonyl (C=O) groups is 1. The summed E-state index contributed by atoms with van der Waals surface area (Å²) in [6.45, 7) is 0. The van der Waals surface area contributed by atoms with Gasteiger partial charge in [0.05, 0.1) is 33.2 Å². The summed E-state index contributed by atoms with van der Waals surface area (Å²) in [4.78, 5) is 21.8. The van der Waals surface area contributed by atoms with Gasteiger partial charge in [-0.25, -0.2) is 23.2 Å². The van der Waals surface area contributed by atoms with Crippen LogP contribution in [-0.4, -0.2) is 34.2 Å². The smallest absolute Gasteiger partial charge is 0.405 e. The third-order valence-corrected chi connectivity index (χ3v) is 10.4. The van der Waals surface area contributed by atoms with E-state index in [4.69, 9.17) is 4.98 Å². The maximum absolute atomic E-state index is 13.2. The molecular formula is C37H30N6O4S. The monoisotopic (exact) mass is 654 g/mol. The molecular weight excluding hydrogens is 625 g/mol. The molecule has 0 bridgehead atoms. The van der Waals surface area contributed by atoms with Crippen molar-refractivity contribution in [3.63, 3.8) is 0 Å². The molecule has 0 radical (unpaired) electrons. The molecule has 0 saturated heterocycles. The summed E-state index contributed by atoms with van der Waals surface area (Å²) in [6, 6.07) is 35.2. The number of pyridine rings is 1. The average Bonchev–Trinajstić information content (AvgIpc) is 3.41. The van der Waals surface area contributed by atoms with Crippen LogP contribution in [-0.2, 0) is 15.6 Å². The Balaban J connectivity index is 1.32. The third kappa shape index (κ3) is 5.05. The van der Waals surface area contributed by atoms with Gasteiger partial charge < -0.3 is 15.7 Å². The van der Waals surface area contributed by atoms with Crippen LogP contribution in [0.2, 0.25) is 0 Å². The summed E-state index contributed by atoms with van der Waals surface area (Å²) in [5, 5.41) is 15.8. The van der Waals surface area contributed by atoms with E-state index < -0.39 is 21.7 Å². The molecule has 0 atom stereocenters. The molecule has 238 valence electrons. The predicted molar refractivity (Wildman–Crippen MR) is 185 cm³/mol. The molecule has 10 nitrogen and oxygen atoms in total. The van der Waals surface area contributed by atoms with Crippen LogP contribution in [0.4, 0.5) is 22.0 Å². The number of hydrogen-bond donors (Lipinski definition) is 4. The summed E-state index contributed by atoms with van der Waals surface area (Å²) in [5.41, 5.74) is 6.21. The highest BCUT2D eigenvalue weighted by Crippen LogP contribution is 2.46. The van der Waals surface area contributed by atoms with Gasteiger partial charge in [0.15, 0.2) is 5.82 Å². The van der Waals surface area contributed by atoms with Crippen LogP contribution in [0.15, 0.2) is 126 Å². The third-order valence-electron chi connectivity index (χ3n) is 9.03. The zero-order valence-electron chi connectivity index (χ0n) is 25.6. The maximum atomic E-state index is 13.2. The molecule has 4 N–H and O–H groups in total. The van der Waals surface area contributed by atoms with E-state index >= 15 is 0 Å². The van der Waals surface area contributed by atoms with Crippen LogP contribution < -0.4 is 15.4 Å². The number of rotatable bonds is 7. The number of anilines is 3. The number of hydrogen-bond acceptors (Lipinski definition) is 6. The summed E-state index contributed by atoms with van der Waals surface area (Å²) in [7, 11) is -3.83. The molecule has 8 rings (SSSR count). The Morgan fingerprint density at radius 2 is 1.62 bits per heavy atom. The van der Waals surface area contributed by atoms with E-state index in [0.717, 1.165) is 53.0 Å². The highest BCUT2D eigenvalue weighted by molar-refractivity contribution is 7.92. The summed E-state index contributed by atoms with van der Waals surface area (Å²) in [5.74, 6) is 1.35. The molecule has 11 heteroatoms. The van der Waals surface area contributed by atoms with Gasteiger partial charge in [0.2, 0.25) is 0 Å². The molecule has 2 aliphatic rings. The molecule has 1 saturated carbocycles. The van der Waals surface area contributed by atoms with E-state index in [1.54, 1.807) is 54.7 Å². The zero-order valence-corrected chi connectivity index (χ0v) is 26.4. The minimum Gasteiger partial charge on any atom is -0.465 e. The molecule has 0 unspecified atom stereocenters. The molecule has 1 aliphatic heterocycles. The van der Waals surface area contributed by atoms with Crippen molar-refractivity contribution in [2.45, 2.75) is 29.7 Å². The number of aromatic nitrogens is 3. The molecule has 2 aromatic heterocycles. The van der Waals surface area contributed by atoms with Crippen molar-refractivity contribution in [2.75, 3.05) is 10.0 Å². The summed E-state index contributed by atoms with van der Waals surface area (Å²) in [6.07, 6.45) is 3.11. The Hall–Kier alpha value is -5.94. The van der Waals surface area contributed by atoms with Gasteiger partial charge in [-0.1, -0.05) is 66.7 Å². The lowest BCUT2D eigenvalue weighted by molar-refractivity contribution is 0.144. The lowest BCUT2D eigenvalue weighted by Gasteiger charge is -2.42. The first-order valence-electron chi connectivity index (χ1n) is 15.6. The Morgan fingerprint density at radius 3 is 2.38 bits per heavy atom. The Labute approximate surface area is 277 Å². The molecule has 3 heterocycles. The Morgan fingerprint density at radius 1 is 0.854 bits per heavy atom. The number of fused-ring (bicyclic) bond motifs is 5. The SMILES string of the molecule is O=C(O)NC1(c2ccc(-c3c(-c4cccc(NS(=O)(=O)c5ccccc5)c4)nc4n3-c3cccnc3Nc3ccccc3-4)cc2)CCC1. The van der Waals surface area contributed by atoms with Gasteiger partial charge in [0.1, 0.15) is 5.82 Å². The van der Waals surface area contributed by atoms with Crippen molar-refractivity contribution in [2.24, 2.45) is 0 Å². The van der Waals surface area contributed by atoms with Gasteiger partial charge in [-0.15, -0.1) is 0 Å². The predicted octanol–water partition coefficient (Wildman–Crippen LogP) is 7.77. The van der Waals surface area contributed by atoms with Crippen molar-refractivity contribution in [3.8, 4) is 39.6 Å². The van der Waals surface area contributed by atoms with Crippen LogP contribution >= 0.6 is 0 Å². The van der Waals surface area contributed by atoms with Crippen LogP contribution in [0.25, 0.3) is 39.6 Å². The summed E-state index contributed by atoms with van der Waals surface area (Å²) < 4.78 is 31.3. The van der Waals surface area contributed by atoms with Crippen molar-refractivity contribution in [1.29, 1.82) is 0 Å². The molecule has 1 amide bonds. The number of benzene rings is 4. The number of nitrogens with one attached hydrogen (secondary N) is 3. The highest BCUT2D eigenvalue weighted by atomic mass is 32.2. The van der Waals surface area contributed by atoms with Gasteiger partial charge in [0, 0.05) is 28.6 Å². The van der Waals surface area contributed by atoms with Gasteiger partial charge in [0.25, 0.3) is 10.0 Å². The largest absolute Gasteiger partial charge is 0.465 e. The second kappa shape index (κ2) is 11.4. The first kappa shape index (κ1) is 29.5. The number of imidazole rings is 1. The first-order chi connectivity index (χ1) is 23.3. The normalized spacial score (nSPS) is 14.2. The topological polar surface area (TPSA) is 138 Å². The lowest BCUT2D eigenvalue weighted by Crippen LogP contribution is -2.50. The fourth-order valence-corrected chi connectivity index (χ4v) is 7.67. The Kier molecular flexibility index (Phi) is 6.99. The zero-order chi connectivity index (χ0) is 32.9. The molecule has 6 aromatic rings. The van der Waals surface area contributed by atoms with Gasteiger partial charge in [-0.2, -0.15) is 0 Å². The Bertz CT molecular complexity index is 2300. The van der Waals surface area contributed by atoms with E-state index in [9.17, 15) is 18.3 Å². The van der Waals surface area contributed by atoms with Crippen molar-refractivity contribution in [3.05, 3.63) is 127 Å². The summed E-state index contributed by atoms with van der Waals surface area (Å²) >= 11 is 0. The van der Waals surface area contributed by atoms with Crippen molar-refractivity contribution >= 4 is 33.3 Å². The highest BCUT2D eigenvalue weighted by Gasteiger charge is 2.40. The second-order valence-corrected chi connectivity index (χ2v) is 13.6. The van der Waals surface area contributed by atoms with E-state index in [-0.39, 0.29) is 4.90 Å². The van der Waals surface area contributed by atoms with Crippen molar-refractivity contribution in [1.82, 2.24) is 19.9 Å². The number of amides is 1. The molecule has 48 heavy (non-hydrogen) atoms. The van der Waals surface area contributed by atoms with Crippen LogP contribution in [0.5, 0.6) is 0 Å². The standard InChI is InChI=1S/C37H30N6O4S/c44-36(45)41-37(20-8-21-37)26-18-16-24(17-19-26)33-32(25-9-6-10-27(23-25)42-48(46,47)28-11-2-1-3-12-28)40-35-29-13-4-5-14-30(29)39-34-31(43(33)35)15-7-22-38-34/h1-7,9-19,22-23,41-42H,8,20-21H2,(H,38,39)(H,44,45).